The van der Waals surface area contributed by atoms with Crippen molar-refractivity contribution in [3.05, 3.63) is 64.1 Å². The van der Waals surface area contributed by atoms with Gasteiger partial charge in [0, 0.05) is 32.0 Å². The molecule has 1 aliphatic heterocycles. The number of aliphatic hydroxyl groups excluding tert-OH is 1. The van der Waals surface area contributed by atoms with Gasteiger partial charge in [-0.2, -0.15) is 5.10 Å². The molecule has 1 aromatic carbocycles. The summed E-state index contributed by atoms with van der Waals surface area (Å²) >= 11 is 0. The quantitative estimate of drug-likeness (QED) is 0.811. The molecule has 1 saturated heterocycles. The molecule has 1 fully saturated rings. The maximum absolute atomic E-state index is 12.6. The van der Waals surface area contributed by atoms with E-state index in [2.05, 4.69) is 15.1 Å². The van der Waals surface area contributed by atoms with Crippen LogP contribution in [-0.4, -0.2) is 64.3 Å². The molecule has 144 valence electrons. The number of H-pyrrole nitrogens is 1. The van der Waals surface area contributed by atoms with E-state index in [1.165, 1.54) is 6.07 Å². The zero-order chi connectivity index (χ0) is 19.4. The first-order valence-corrected chi connectivity index (χ1v) is 9.17. The SMILES string of the molecule is CN(C)[C@]1(c2ccccc2)CCN(C(=O)CCc2ccc(=O)[nH]n2)C[C@H]1O. The molecule has 0 radical (unpaired) electrons. The van der Waals surface area contributed by atoms with Crippen LogP contribution in [0.2, 0.25) is 0 Å². The number of aryl methyl sites for hydroxylation is 1. The van der Waals surface area contributed by atoms with Crippen molar-refractivity contribution in [1.29, 1.82) is 0 Å². The van der Waals surface area contributed by atoms with Crippen molar-refractivity contribution >= 4 is 5.91 Å². The monoisotopic (exact) mass is 370 g/mol. The van der Waals surface area contributed by atoms with Crippen LogP contribution in [0.25, 0.3) is 0 Å². The zero-order valence-electron chi connectivity index (χ0n) is 15.8. The van der Waals surface area contributed by atoms with Gasteiger partial charge in [0.1, 0.15) is 0 Å². The van der Waals surface area contributed by atoms with Crippen molar-refractivity contribution < 1.29 is 9.90 Å². The highest BCUT2D eigenvalue weighted by molar-refractivity contribution is 5.76. The van der Waals surface area contributed by atoms with Crippen LogP contribution in [0, 0.1) is 0 Å². The Bertz CT molecular complexity index is 816. The zero-order valence-corrected chi connectivity index (χ0v) is 15.8. The second-order valence-electron chi connectivity index (χ2n) is 7.20. The highest BCUT2D eigenvalue weighted by atomic mass is 16.3. The molecule has 2 aromatic rings. The van der Waals surface area contributed by atoms with E-state index in [9.17, 15) is 14.7 Å². The number of piperidine rings is 1. The molecule has 1 aromatic heterocycles. The number of aromatic nitrogens is 2. The molecule has 2 atom stereocenters. The average molecular weight is 370 g/mol. The first-order valence-electron chi connectivity index (χ1n) is 9.17. The number of nitrogens with one attached hydrogen (secondary N) is 1. The largest absolute Gasteiger partial charge is 0.389 e. The number of β-amino-alcohol motifs (C(OH)–C–C–N with tert-alkyl or cyclic N) is 1. The van der Waals surface area contributed by atoms with Crippen molar-refractivity contribution in [3.8, 4) is 0 Å². The number of carbonyl (C=O) groups is 1. The van der Waals surface area contributed by atoms with Gasteiger partial charge in [-0.15, -0.1) is 0 Å². The first kappa shape index (κ1) is 19.3. The molecule has 3 rings (SSSR count). The third-order valence-electron chi connectivity index (χ3n) is 5.46. The fourth-order valence-electron chi connectivity index (χ4n) is 3.90. The summed E-state index contributed by atoms with van der Waals surface area (Å²) in [4.78, 5) is 27.4. The van der Waals surface area contributed by atoms with Crippen LogP contribution in [0.3, 0.4) is 0 Å². The van der Waals surface area contributed by atoms with Crippen LogP contribution < -0.4 is 5.56 Å². The predicted molar refractivity (Wildman–Crippen MR) is 102 cm³/mol. The van der Waals surface area contributed by atoms with Crippen LogP contribution >= 0.6 is 0 Å². The van der Waals surface area contributed by atoms with Gasteiger partial charge >= 0.3 is 0 Å². The topological polar surface area (TPSA) is 89.5 Å². The van der Waals surface area contributed by atoms with E-state index < -0.39 is 11.6 Å². The smallest absolute Gasteiger partial charge is 0.264 e. The lowest BCUT2D eigenvalue weighted by Gasteiger charge is -2.49. The van der Waals surface area contributed by atoms with Crippen molar-refractivity contribution in [2.75, 3.05) is 27.2 Å². The van der Waals surface area contributed by atoms with Gasteiger partial charge in [0.25, 0.3) is 5.56 Å². The number of rotatable bonds is 5. The number of hydrogen-bond acceptors (Lipinski definition) is 5. The number of likely N-dealkylation sites (tertiary alicyclic amines) is 1. The van der Waals surface area contributed by atoms with E-state index in [1.54, 1.807) is 11.0 Å². The molecule has 7 nitrogen and oxygen atoms in total. The molecule has 2 heterocycles. The number of aliphatic hydroxyl groups is 1. The summed E-state index contributed by atoms with van der Waals surface area (Å²) in [6.45, 7) is 0.882. The minimum Gasteiger partial charge on any atom is -0.389 e. The first-order chi connectivity index (χ1) is 12.9. The van der Waals surface area contributed by atoms with Crippen molar-refractivity contribution in [1.82, 2.24) is 20.0 Å². The predicted octanol–water partition coefficient (Wildman–Crippen LogP) is 0.753. The van der Waals surface area contributed by atoms with Crippen LogP contribution in [0.5, 0.6) is 0 Å². The van der Waals surface area contributed by atoms with Crippen molar-refractivity contribution in [2.24, 2.45) is 0 Å². The van der Waals surface area contributed by atoms with Gasteiger partial charge in [0.15, 0.2) is 0 Å². The molecule has 0 aliphatic carbocycles. The molecule has 0 saturated carbocycles. The van der Waals surface area contributed by atoms with Gasteiger partial charge in [-0.25, -0.2) is 5.10 Å². The van der Waals surface area contributed by atoms with E-state index in [0.29, 0.717) is 38.0 Å². The van der Waals surface area contributed by atoms with E-state index in [1.807, 2.05) is 44.4 Å². The molecule has 2 N–H and O–H groups in total. The minimum atomic E-state index is -0.682. The molecule has 0 bridgehead atoms. The second-order valence-corrected chi connectivity index (χ2v) is 7.20. The van der Waals surface area contributed by atoms with E-state index >= 15 is 0 Å². The van der Waals surface area contributed by atoms with Gasteiger partial charge < -0.3 is 10.0 Å². The Balaban J connectivity index is 1.67. The molecular formula is C20H26N4O3. The van der Waals surface area contributed by atoms with Crippen molar-refractivity contribution in [3.63, 3.8) is 0 Å². The summed E-state index contributed by atoms with van der Waals surface area (Å²) in [5, 5.41) is 17.3. The van der Waals surface area contributed by atoms with Gasteiger partial charge in [0.2, 0.25) is 5.91 Å². The molecule has 7 heteroatoms. The lowest BCUT2D eigenvalue weighted by molar-refractivity contribution is -0.140. The number of aromatic amines is 1. The highest BCUT2D eigenvalue weighted by Crippen LogP contribution is 2.37. The van der Waals surface area contributed by atoms with Gasteiger partial charge in [0.05, 0.1) is 17.3 Å². The van der Waals surface area contributed by atoms with Crippen molar-refractivity contribution in [2.45, 2.75) is 30.9 Å². The van der Waals surface area contributed by atoms with Gasteiger partial charge in [-0.05, 0) is 32.1 Å². The normalized spacial score (nSPS) is 22.8. The summed E-state index contributed by atoms with van der Waals surface area (Å²) in [6.07, 6.45) is 0.735. The summed E-state index contributed by atoms with van der Waals surface area (Å²) in [5.74, 6) is -0.0116. The third-order valence-corrected chi connectivity index (χ3v) is 5.46. The third kappa shape index (κ3) is 3.94. The number of carbonyl (C=O) groups excluding carboxylic acids is 1. The van der Waals surface area contributed by atoms with Crippen LogP contribution in [0.4, 0.5) is 0 Å². The molecule has 0 spiro atoms. The number of amides is 1. The van der Waals surface area contributed by atoms with Crippen LogP contribution in [0.1, 0.15) is 24.1 Å². The van der Waals surface area contributed by atoms with Crippen LogP contribution in [0.15, 0.2) is 47.3 Å². The molecule has 1 aliphatic rings. The lowest BCUT2D eigenvalue weighted by Crippen LogP contribution is -2.60. The summed E-state index contributed by atoms with van der Waals surface area (Å²) in [6, 6.07) is 13.0. The van der Waals surface area contributed by atoms with Gasteiger partial charge in [-0.3, -0.25) is 14.5 Å². The Hall–Kier alpha value is -2.51. The Kier molecular flexibility index (Phi) is 5.72. The van der Waals surface area contributed by atoms with E-state index in [4.69, 9.17) is 0 Å². The van der Waals surface area contributed by atoms with Crippen LogP contribution in [-0.2, 0) is 16.8 Å². The summed E-state index contributed by atoms with van der Waals surface area (Å²) in [7, 11) is 3.94. The van der Waals surface area contributed by atoms with Gasteiger partial charge in [-0.1, -0.05) is 30.3 Å². The number of nitrogens with zero attached hydrogens (tertiary/aromatic N) is 3. The summed E-state index contributed by atoms with van der Waals surface area (Å²) in [5.41, 5.74) is 0.975. The lowest BCUT2D eigenvalue weighted by atomic mass is 9.77. The summed E-state index contributed by atoms with van der Waals surface area (Å²) < 4.78 is 0. The van der Waals surface area contributed by atoms with E-state index in [0.717, 1.165) is 5.56 Å². The number of benzene rings is 1. The fraction of sp³-hybridized carbons (Fsp3) is 0.450. The molecular weight excluding hydrogens is 344 g/mol. The Labute approximate surface area is 158 Å². The fourth-order valence-corrected chi connectivity index (χ4v) is 3.90. The maximum Gasteiger partial charge on any atom is 0.264 e. The standard InChI is InChI=1S/C20H26N4O3/c1-23(2)20(15-6-4-3-5-7-15)12-13-24(14-17(20)25)19(27)11-9-16-8-10-18(26)22-21-16/h3-8,10,17,25H,9,11-14H2,1-2H3,(H,22,26)/t17-,20+/m1/s1. The highest BCUT2D eigenvalue weighted by Gasteiger charge is 2.46. The Morgan fingerprint density at radius 3 is 2.63 bits per heavy atom. The minimum absolute atomic E-state index is 0.0116. The molecule has 1 amide bonds. The molecule has 27 heavy (non-hydrogen) atoms. The average Bonchev–Trinajstić information content (AvgIpc) is 2.67. The Morgan fingerprint density at radius 2 is 2.04 bits per heavy atom. The number of hydrogen-bond donors (Lipinski definition) is 2. The molecule has 0 unspecified atom stereocenters. The van der Waals surface area contributed by atoms with E-state index in [-0.39, 0.29) is 11.5 Å². The second kappa shape index (κ2) is 8.02. The Morgan fingerprint density at radius 1 is 1.30 bits per heavy atom. The number of likely N-dealkylation sites (N-methyl/N-ethyl adjacent to an activating group) is 1. The maximum atomic E-state index is 12.6.